The van der Waals surface area contributed by atoms with Gasteiger partial charge in [0.05, 0.1) is 17.3 Å². The van der Waals surface area contributed by atoms with Crippen LogP contribution in [-0.2, 0) is 11.3 Å². The second-order valence-corrected chi connectivity index (χ2v) is 6.36. The Labute approximate surface area is 160 Å². The predicted octanol–water partition coefficient (Wildman–Crippen LogP) is 3.38. The van der Waals surface area contributed by atoms with E-state index < -0.39 is 5.91 Å². The van der Waals surface area contributed by atoms with Crippen LogP contribution in [0.15, 0.2) is 59.4 Å². The van der Waals surface area contributed by atoms with Crippen molar-refractivity contribution in [2.45, 2.75) is 13.5 Å². The fourth-order valence-electron chi connectivity index (χ4n) is 2.59. The van der Waals surface area contributed by atoms with Gasteiger partial charge in [-0.1, -0.05) is 29.8 Å². The van der Waals surface area contributed by atoms with E-state index in [-0.39, 0.29) is 12.1 Å². The molecule has 27 heavy (non-hydrogen) atoms. The minimum Gasteiger partial charge on any atom is -0.324 e. The third-order valence-electron chi connectivity index (χ3n) is 3.88. The average Bonchev–Trinajstić information content (AvgIpc) is 2.65. The van der Waals surface area contributed by atoms with Gasteiger partial charge in [-0.05, 0) is 42.8 Å². The van der Waals surface area contributed by atoms with Gasteiger partial charge in [0, 0.05) is 22.3 Å². The first-order chi connectivity index (χ1) is 13.0. The molecule has 2 aromatic carbocycles. The van der Waals surface area contributed by atoms with E-state index in [0.717, 1.165) is 10.2 Å². The monoisotopic (exact) mass is 378 g/mol. The van der Waals surface area contributed by atoms with Gasteiger partial charge in [-0.25, -0.2) is 4.68 Å². The smallest absolute Gasteiger partial charge is 0.267 e. The lowest BCUT2D eigenvalue weighted by Gasteiger charge is -2.10. The van der Waals surface area contributed by atoms with Crippen molar-refractivity contribution < 1.29 is 4.79 Å². The van der Waals surface area contributed by atoms with Crippen LogP contribution in [-0.4, -0.2) is 15.7 Å². The van der Waals surface area contributed by atoms with Crippen LogP contribution in [0.1, 0.15) is 11.1 Å². The van der Waals surface area contributed by atoms with E-state index in [1.165, 1.54) is 6.07 Å². The summed E-state index contributed by atoms with van der Waals surface area (Å²) in [4.78, 5) is 24.5. The molecule has 134 valence electrons. The molecule has 6 nitrogen and oxygen atoms in total. The van der Waals surface area contributed by atoms with Crippen LogP contribution in [0.2, 0.25) is 5.02 Å². The van der Waals surface area contributed by atoms with Crippen LogP contribution in [0.4, 0.5) is 5.69 Å². The van der Waals surface area contributed by atoms with Crippen LogP contribution in [0.25, 0.3) is 11.3 Å². The highest BCUT2D eigenvalue weighted by molar-refractivity contribution is 6.30. The number of nitriles is 1. The SMILES string of the molecule is Cc1cc(=O)n(CC(=O)Nc2cccc(C#N)c2)nc1-c1ccc(Cl)cc1. The van der Waals surface area contributed by atoms with E-state index in [4.69, 9.17) is 16.9 Å². The second-order valence-electron chi connectivity index (χ2n) is 5.92. The molecule has 0 radical (unpaired) electrons. The maximum Gasteiger partial charge on any atom is 0.267 e. The molecule has 0 unspecified atom stereocenters. The third kappa shape index (κ3) is 4.40. The third-order valence-corrected chi connectivity index (χ3v) is 4.13. The van der Waals surface area contributed by atoms with Crippen LogP contribution in [0, 0.1) is 18.3 Å². The van der Waals surface area contributed by atoms with E-state index in [1.54, 1.807) is 55.5 Å². The molecular formula is C20H15ClN4O2. The average molecular weight is 379 g/mol. The molecule has 0 aliphatic heterocycles. The lowest BCUT2D eigenvalue weighted by Crippen LogP contribution is -2.30. The molecule has 1 heterocycles. The largest absolute Gasteiger partial charge is 0.324 e. The maximum absolute atomic E-state index is 12.3. The topological polar surface area (TPSA) is 87.8 Å². The number of carbonyl (C=O) groups is 1. The molecule has 7 heteroatoms. The van der Waals surface area contributed by atoms with Gasteiger partial charge in [0.25, 0.3) is 5.56 Å². The van der Waals surface area contributed by atoms with Gasteiger partial charge in [0.1, 0.15) is 6.54 Å². The van der Waals surface area contributed by atoms with E-state index in [9.17, 15) is 9.59 Å². The minimum atomic E-state index is -0.411. The first kappa shape index (κ1) is 18.4. The molecular weight excluding hydrogens is 364 g/mol. The van der Waals surface area contributed by atoms with Gasteiger partial charge in [-0.2, -0.15) is 10.4 Å². The summed E-state index contributed by atoms with van der Waals surface area (Å²) < 4.78 is 1.11. The molecule has 0 atom stereocenters. The summed E-state index contributed by atoms with van der Waals surface area (Å²) in [5, 5.41) is 16.5. The molecule has 0 aliphatic carbocycles. The summed E-state index contributed by atoms with van der Waals surface area (Å²) >= 11 is 5.91. The first-order valence-electron chi connectivity index (χ1n) is 8.11. The summed E-state index contributed by atoms with van der Waals surface area (Å²) in [5.41, 5.74) is 2.66. The normalized spacial score (nSPS) is 10.3. The Kier molecular flexibility index (Phi) is 5.34. The highest BCUT2D eigenvalue weighted by Crippen LogP contribution is 2.21. The number of carbonyl (C=O) groups excluding carboxylic acids is 1. The van der Waals surface area contributed by atoms with Crippen molar-refractivity contribution in [1.29, 1.82) is 5.26 Å². The van der Waals surface area contributed by atoms with Crippen molar-refractivity contribution in [3.63, 3.8) is 0 Å². The molecule has 0 bridgehead atoms. The number of nitrogens with zero attached hydrogens (tertiary/aromatic N) is 3. The summed E-state index contributed by atoms with van der Waals surface area (Å²) in [7, 11) is 0. The molecule has 0 spiro atoms. The van der Waals surface area contributed by atoms with Gasteiger partial charge in [-0.15, -0.1) is 0 Å². The molecule has 3 rings (SSSR count). The highest BCUT2D eigenvalue weighted by Gasteiger charge is 2.11. The molecule has 1 N–H and O–H groups in total. The Bertz CT molecular complexity index is 1100. The molecule has 1 amide bonds. The van der Waals surface area contributed by atoms with Crippen LogP contribution >= 0.6 is 11.6 Å². The van der Waals surface area contributed by atoms with Crippen molar-refractivity contribution in [2.24, 2.45) is 0 Å². The van der Waals surface area contributed by atoms with Crippen LogP contribution in [0.5, 0.6) is 0 Å². The molecule has 1 aromatic heterocycles. The molecule has 0 saturated heterocycles. The van der Waals surface area contributed by atoms with Crippen molar-refractivity contribution in [2.75, 3.05) is 5.32 Å². The number of amides is 1. The molecule has 3 aromatic rings. The fourth-order valence-corrected chi connectivity index (χ4v) is 2.71. The summed E-state index contributed by atoms with van der Waals surface area (Å²) in [5.74, 6) is -0.411. The quantitative estimate of drug-likeness (QED) is 0.753. The lowest BCUT2D eigenvalue weighted by molar-refractivity contribution is -0.117. The van der Waals surface area contributed by atoms with Gasteiger partial charge < -0.3 is 5.32 Å². The Morgan fingerprint density at radius 1 is 1.22 bits per heavy atom. The number of benzene rings is 2. The number of anilines is 1. The number of aryl methyl sites for hydroxylation is 1. The predicted molar refractivity (Wildman–Crippen MR) is 103 cm³/mol. The molecule has 0 aliphatic rings. The fraction of sp³-hybridized carbons (Fsp3) is 0.100. The number of hydrogen-bond acceptors (Lipinski definition) is 4. The summed E-state index contributed by atoms with van der Waals surface area (Å²) in [6, 6.07) is 17.1. The van der Waals surface area contributed by atoms with E-state index in [0.29, 0.717) is 27.5 Å². The minimum absolute atomic E-state index is 0.240. The number of hydrogen-bond donors (Lipinski definition) is 1. The Balaban J connectivity index is 1.85. The van der Waals surface area contributed by atoms with Gasteiger partial charge in [0.15, 0.2) is 0 Å². The van der Waals surface area contributed by atoms with Crippen molar-refractivity contribution in [3.8, 4) is 17.3 Å². The van der Waals surface area contributed by atoms with E-state index in [2.05, 4.69) is 10.4 Å². The van der Waals surface area contributed by atoms with Crippen molar-refractivity contribution >= 4 is 23.2 Å². The molecule has 0 saturated carbocycles. The highest BCUT2D eigenvalue weighted by atomic mass is 35.5. The zero-order valence-electron chi connectivity index (χ0n) is 14.4. The van der Waals surface area contributed by atoms with E-state index >= 15 is 0 Å². The number of rotatable bonds is 4. The van der Waals surface area contributed by atoms with Gasteiger partial charge in [-0.3, -0.25) is 9.59 Å². The lowest BCUT2D eigenvalue weighted by atomic mass is 10.1. The standard InChI is InChI=1S/C20H15ClN4O2/c1-13-9-19(27)25(24-20(13)15-5-7-16(21)8-6-15)12-18(26)23-17-4-2-3-14(10-17)11-22/h2-10H,12H2,1H3,(H,23,26). The van der Waals surface area contributed by atoms with Crippen molar-refractivity contribution in [1.82, 2.24) is 9.78 Å². The first-order valence-corrected chi connectivity index (χ1v) is 8.49. The summed E-state index contributed by atoms with van der Waals surface area (Å²) in [6.45, 7) is 1.55. The van der Waals surface area contributed by atoms with E-state index in [1.807, 2.05) is 6.07 Å². The second kappa shape index (κ2) is 7.85. The number of aromatic nitrogens is 2. The van der Waals surface area contributed by atoms with Crippen molar-refractivity contribution in [3.05, 3.63) is 81.1 Å². The Morgan fingerprint density at radius 3 is 2.67 bits per heavy atom. The number of nitrogens with one attached hydrogen (secondary N) is 1. The van der Waals surface area contributed by atoms with Gasteiger partial charge in [0.2, 0.25) is 5.91 Å². The maximum atomic E-state index is 12.3. The summed E-state index contributed by atoms with van der Waals surface area (Å²) in [6.07, 6.45) is 0. The zero-order chi connectivity index (χ0) is 19.4. The Hall–Kier alpha value is -3.43. The molecule has 0 fully saturated rings. The van der Waals surface area contributed by atoms with Crippen LogP contribution in [0.3, 0.4) is 0 Å². The number of halogens is 1. The van der Waals surface area contributed by atoms with Crippen LogP contribution < -0.4 is 10.9 Å². The Morgan fingerprint density at radius 2 is 1.96 bits per heavy atom. The zero-order valence-corrected chi connectivity index (χ0v) is 15.2. The van der Waals surface area contributed by atoms with Gasteiger partial charge >= 0.3 is 0 Å².